The summed E-state index contributed by atoms with van der Waals surface area (Å²) in [7, 11) is -3.03. The van der Waals surface area contributed by atoms with Gasteiger partial charge in [-0.1, -0.05) is 19.8 Å². The highest BCUT2D eigenvalue weighted by Gasteiger charge is 2.21. The van der Waals surface area contributed by atoms with Crippen molar-refractivity contribution in [3.05, 3.63) is 0 Å². The number of sulfonamides is 1. The number of hydrogen-bond donors (Lipinski definition) is 1. The first-order chi connectivity index (χ1) is 8.45. The maximum atomic E-state index is 11.4. The van der Waals surface area contributed by atoms with Gasteiger partial charge in [0, 0.05) is 19.1 Å². The van der Waals surface area contributed by atoms with Gasteiger partial charge in [0.2, 0.25) is 10.0 Å². The van der Waals surface area contributed by atoms with Crippen LogP contribution in [0.2, 0.25) is 0 Å². The summed E-state index contributed by atoms with van der Waals surface area (Å²) in [6, 6.07) is 0.570. The monoisotopic (exact) mass is 276 g/mol. The Morgan fingerprint density at radius 1 is 1.33 bits per heavy atom. The molecule has 0 amide bonds. The molecule has 0 aliphatic heterocycles. The van der Waals surface area contributed by atoms with Crippen molar-refractivity contribution in [2.24, 2.45) is 5.92 Å². The Balaban J connectivity index is 2.17. The van der Waals surface area contributed by atoms with Gasteiger partial charge in [0.25, 0.3) is 0 Å². The van der Waals surface area contributed by atoms with Gasteiger partial charge in [-0.15, -0.1) is 0 Å². The normalized spacial score (nSPS) is 19.6. The fraction of sp³-hybridized carbons (Fsp3) is 1.00. The maximum Gasteiger partial charge on any atom is 0.211 e. The first kappa shape index (κ1) is 15.9. The van der Waals surface area contributed by atoms with Crippen LogP contribution in [-0.2, 0) is 10.0 Å². The maximum absolute atomic E-state index is 11.4. The summed E-state index contributed by atoms with van der Waals surface area (Å²) in [6.45, 7) is 6.24. The summed E-state index contributed by atoms with van der Waals surface area (Å²) in [5.74, 6) is 0.821. The van der Waals surface area contributed by atoms with Crippen LogP contribution >= 0.6 is 0 Å². The zero-order valence-corrected chi connectivity index (χ0v) is 12.8. The zero-order valence-electron chi connectivity index (χ0n) is 12.0. The molecule has 1 aliphatic rings. The number of nitrogens with zero attached hydrogens (tertiary/aromatic N) is 1. The van der Waals surface area contributed by atoms with Crippen molar-refractivity contribution in [2.45, 2.75) is 52.0 Å². The van der Waals surface area contributed by atoms with Crippen LogP contribution in [0, 0.1) is 5.92 Å². The second kappa shape index (κ2) is 7.46. The minimum absolute atomic E-state index is 0.566. The van der Waals surface area contributed by atoms with Crippen LogP contribution in [0.3, 0.4) is 0 Å². The van der Waals surface area contributed by atoms with Crippen LogP contribution in [0.15, 0.2) is 0 Å². The molecule has 5 heteroatoms. The molecule has 108 valence electrons. The fourth-order valence-corrected chi connectivity index (χ4v) is 3.70. The molecule has 0 aromatic rings. The Bertz CT molecular complexity index is 324. The lowest BCUT2D eigenvalue weighted by Gasteiger charge is -2.22. The first-order valence-corrected chi connectivity index (χ1v) is 8.98. The molecule has 1 saturated carbocycles. The van der Waals surface area contributed by atoms with E-state index in [1.54, 1.807) is 0 Å². The van der Waals surface area contributed by atoms with E-state index in [0.717, 1.165) is 18.9 Å². The molecule has 1 unspecified atom stereocenters. The average Bonchev–Trinajstić information content (AvgIpc) is 2.80. The van der Waals surface area contributed by atoms with E-state index in [1.807, 2.05) is 6.92 Å². The number of nitrogens with one attached hydrogen (secondary N) is 1. The van der Waals surface area contributed by atoms with Crippen molar-refractivity contribution < 1.29 is 8.42 Å². The Kier molecular flexibility index (Phi) is 6.60. The molecule has 1 fully saturated rings. The highest BCUT2D eigenvalue weighted by molar-refractivity contribution is 7.88. The third-order valence-electron chi connectivity index (χ3n) is 3.98. The minimum Gasteiger partial charge on any atom is -0.314 e. The summed E-state index contributed by atoms with van der Waals surface area (Å²) in [5.41, 5.74) is 0. The number of hydrogen-bond acceptors (Lipinski definition) is 3. The third kappa shape index (κ3) is 5.24. The molecule has 1 N–H and O–H groups in total. The molecule has 4 nitrogen and oxygen atoms in total. The predicted molar refractivity (Wildman–Crippen MR) is 76.1 cm³/mol. The molecule has 0 aromatic carbocycles. The molecular formula is C13H28N2O2S. The van der Waals surface area contributed by atoms with Crippen molar-refractivity contribution in [2.75, 3.05) is 25.9 Å². The van der Waals surface area contributed by atoms with E-state index in [1.165, 1.54) is 36.2 Å². The smallest absolute Gasteiger partial charge is 0.211 e. The standard InChI is InChI=1S/C13H28N2O2S/c1-4-15(18(3,16)17)11-7-10-14-12(2)13-8-5-6-9-13/h12-14H,4-11H2,1-3H3. The summed E-state index contributed by atoms with van der Waals surface area (Å²) >= 11 is 0. The summed E-state index contributed by atoms with van der Waals surface area (Å²) in [6.07, 6.45) is 7.60. The molecule has 0 aromatic heterocycles. The topological polar surface area (TPSA) is 49.4 Å². The Hall–Kier alpha value is -0.130. The molecule has 1 atom stereocenters. The molecule has 0 heterocycles. The van der Waals surface area contributed by atoms with Crippen molar-refractivity contribution in [3.63, 3.8) is 0 Å². The van der Waals surface area contributed by atoms with E-state index in [9.17, 15) is 8.42 Å². The highest BCUT2D eigenvalue weighted by Crippen LogP contribution is 2.27. The second-order valence-corrected chi connectivity index (χ2v) is 7.38. The van der Waals surface area contributed by atoms with Gasteiger partial charge in [-0.3, -0.25) is 0 Å². The molecule has 18 heavy (non-hydrogen) atoms. The summed E-state index contributed by atoms with van der Waals surface area (Å²) in [4.78, 5) is 0. The van der Waals surface area contributed by atoms with E-state index in [4.69, 9.17) is 0 Å². The fourth-order valence-electron chi connectivity index (χ4n) is 2.77. The van der Waals surface area contributed by atoms with Gasteiger partial charge in [-0.2, -0.15) is 0 Å². The van der Waals surface area contributed by atoms with Crippen molar-refractivity contribution in [1.29, 1.82) is 0 Å². The Morgan fingerprint density at radius 3 is 2.44 bits per heavy atom. The zero-order chi connectivity index (χ0) is 13.6. The predicted octanol–water partition coefficient (Wildman–Crippen LogP) is 1.83. The van der Waals surface area contributed by atoms with Crippen LogP contribution in [0.5, 0.6) is 0 Å². The largest absolute Gasteiger partial charge is 0.314 e. The second-order valence-electron chi connectivity index (χ2n) is 5.40. The van der Waals surface area contributed by atoms with Crippen molar-refractivity contribution >= 4 is 10.0 Å². The van der Waals surface area contributed by atoms with E-state index in [2.05, 4.69) is 12.2 Å². The van der Waals surface area contributed by atoms with Gasteiger partial charge in [-0.25, -0.2) is 12.7 Å². The van der Waals surface area contributed by atoms with Gasteiger partial charge < -0.3 is 5.32 Å². The quantitative estimate of drug-likeness (QED) is 0.688. The molecule has 0 bridgehead atoms. The Morgan fingerprint density at radius 2 is 1.94 bits per heavy atom. The first-order valence-electron chi connectivity index (χ1n) is 7.13. The highest BCUT2D eigenvalue weighted by atomic mass is 32.2. The molecule has 0 saturated heterocycles. The Labute approximate surface area is 112 Å². The number of rotatable bonds is 8. The minimum atomic E-state index is -3.03. The average molecular weight is 276 g/mol. The van der Waals surface area contributed by atoms with E-state index in [-0.39, 0.29) is 0 Å². The van der Waals surface area contributed by atoms with Gasteiger partial charge >= 0.3 is 0 Å². The van der Waals surface area contributed by atoms with E-state index >= 15 is 0 Å². The lowest BCUT2D eigenvalue weighted by atomic mass is 10.00. The molecular weight excluding hydrogens is 248 g/mol. The van der Waals surface area contributed by atoms with Gasteiger partial charge in [-0.05, 0) is 38.6 Å². The van der Waals surface area contributed by atoms with E-state index in [0.29, 0.717) is 19.1 Å². The van der Waals surface area contributed by atoms with Crippen LogP contribution in [-0.4, -0.2) is 44.7 Å². The van der Waals surface area contributed by atoms with Gasteiger partial charge in [0.1, 0.15) is 0 Å². The SMILES string of the molecule is CCN(CCCNC(C)C1CCCC1)S(C)(=O)=O. The lowest BCUT2D eigenvalue weighted by Crippen LogP contribution is -2.36. The molecule has 1 aliphatic carbocycles. The molecule has 1 rings (SSSR count). The van der Waals surface area contributed by atoms with Crippen LogP contribution in [0.1, 0.15) is 46.0 Å². The van der Waals surface area contributed by atoms with Gasteiger partial charge in [0.05, 0.1) is 6.26 Å². The van der Waals surface area contributed by atoms with Crippen LogP contribution < -0.4 is 5.32 Å². The summed E-state index contributed by atoms with van der Waals surface area (Å²) in [5, 5.41) is 3.53. The lowest BCUT2D eigenvalue weighted by molar-refractivity contribution is 0.364. The van der Waals surface area contributed by atoms with E-state index < -0.39 is 10.0 Å². The molecule has 0 radical (unpaired) electrons. The van der Waals surface area contributed by atoms with Crippen molar-refractivity contribution in [3.8, 4) is 0 Å². The van der Waals surface area contributed by atoms with Crippen LogP contribution in [0.4, 0.5) is 0 Å². The van der Waals surface area contributed by atoms with Crippen molar-refractivity contribution in [1.82, 2.24) is 9.62 Å². The van der Waals surface area contributed by atoms with Crippen LogP contribution in [0.25, 0.3) is 0 Å². The summed E-state index contributed by atoms with van der Waals surface area (Å²) < 4.78 is 24.3. The molecule has 0 spiro atoms. The van der Waals surface area contributed by atoms with Gasteiger partial charge in [0.15, 0.2) is 0 Å². The third-order valence-corrected chi connectivity index (χ3v) is 5.36.